The highest BCUT2D eigenvalue weighted by Crippen LogP contribution is 2.29. The molecule has 1 aliphatic heterocycles. The smallest absolute Gasteiger partial charge is 0.245 e. The van der Waals surface area contributed by atoms with E-state index in [9.17, 15) is 0 Å². The molecule has 17 heavy (non-hydrogen) atoms. The standard InChI is InChI=1S/C12H21N5/c1-8-9(2)15-16-11(14-8)17-6-5-10(13)12(3,4)7-17/h10H,5-7,13H2,1-4H3. The van der Waals surface area contributed by atoms with E-state index in [1.165, 1.54) is 0 Å². The summed E-state index contributed by atoms with van der Waals surface area (Å²) in [5.74, 6) is 0.730. The van der Waals surface area contributed by atoms with Gasteiger partial charge in [0.05, 0.1) is 11.4 Å². The Bertz CT molecular complexity index is 415. The van der Waals surface area contributed by atoms with Gasteiger partial charge in [-0.3, -0.25) is 0 Å². The molecule has 94 valence electrons. The Hall–Kier alpha value is -1.23. The van der Waals surface area contributed by atoms with Gasteiger partial charge in [0.25, 0.3) is 0 Å². The second kappa shape index (κ2) is 4.22. The van der Waals surface area contributed by atoms with Crippen LogP contribution in [-0.2, 0) is 0 Å². The number of nitrogens with zero attached hydrogens (tertiary/aromatic N) is 4. The molecule has 0 aromatic carbocycles. The van der Waals surface area contributed by atoms with Gasteiger partial charge in [-0.05, 0) is 25.7 Å². The third-order valence-corrected chi connectivity index (χ3v) is 3.68. The molecule has 1 fully saturated rings. The largest absolute Gasteiger partial charge is 0.339 e. The molecule has 2 rings (SSSR count). The maximum atomic E-state index is 6.12. The fraction of sp³-hybridized carbons (Fsp3) is 0.750. The van der Waals surface area contributed by atoms with Crippen LogP contribution in [0.3, 0.4) is 0 Å². The predicted molar refractivity (Wildman–Crippen MR) is 67.9 cm³/mol. The highest BCUT2D eigenvalue weighted by Gasteiger charge is 2.34. The minimum Gasteiger partial charge on any atom is -0.339 e. The van der Waals surface area contributed by atoms with E-state index in [2.05, 4.69) is 33.9 Å². The maximum Gasteiger partial charge on any atom is 0.245 e. The zero-order valence-electron chi connectivity index (χ0n) is 11.1. The summed E-state index contributed by atoms with van der Waals surface area (Å²) in [5.41, 5.74) is 8.06. The lowest BCUT2D eigenvalue weighted by molar-refractivity contribution is 0.243. The molecule has 1 aromatic rings. The third kappa shape index (κ3) is 2.39. The SMILES string of the molecule is Cc1nnc(N2CCC(N)C(C)(C)C2)nc1C. The molecule has 2 heterocycles. The van der Waals surface area contributed by atoms with E-state index in [-0.39, 0.29) is 11.5 Å². The summed E-state index contributed by atoms with van der Waals surface area (Å²) in [6.45, 7) is 10.1. The number of anilines is 1. The highest BCUT2D eigenvalue weighted by molar-refractivity contribution is 5.31. The maximum absolute atomic E-state index is 6.12. The van der Waals surface area contributed by atoms with Crippen molar-refractivity contribution in [2.75, 3.05) is 18.0 Å². The van der Waals surface area contributed by atoms with Crippen LogP contribution in [0.2, 0.25) is 0 Å². The van der Waals surface area contributed by atoms with E-state index in [1.807, 2.05) is 13.8 Å². The highest BCUT2D eigenvalue weighted by atomic mass is 15.3. The number of aromatic nitrogens is 3. The van der Waals surface area contributed by atoms with Crippen molar-refractivity contribution in [1.82, 2.24) is 15.2 Å². The van der Waals surface area contributed by atoms with E-state index in [0.717, 1.165) is 36.8 Å². The lowest BCUT2D eigenvalue weighted by atomic mass is 9.80. The molecule has 0 saturated carbocycles. The molecule has 1 saturated heterocycles. The number of nitrogens with two attached hydrogens (primary N) is 1. The van der Waals surface area contributed by atoms with Crippen LogP contribution in [0.15, 0.2) is 0 Å². The molecule has 1 aromatic heterocycles. The van der Waals surface area contributed by atoms with Gasteiger partial charge >= 0.3 is 0 Å². The van der Waals surface area contributed by atoms with Crippen molar-refractivity contribution in [2.24, 2.45) is 11.1 Å². The topological polar surface area (TPSA) is 67.9 Å². The minimum absolute atomic E-state index is 0.0976. The van der Waals surface area contributed by atoms with Crippen LogP contribution in [0.1, 0.15) is 31.7 Å². The van der Waals surface area contributed by atoms with Crippen molar-refractivity contribution in [1.29, 1.82) is 0 Å². The van der Waals surface area contributed by atoms with Crippen LogP contribution in [0, 0.1) is 19.3 Å². The van der Waals surface area contributed by atoms with Gasteiger partial charge in [-0.2, -0.15) is 5.10 Å². The number of aryl methyl sites for hydroxylation is 2. The Morgan fingerprint density at radius 3 is 2.53 bits per heavy atom. The van der Waals surface area contributed by atoms with Crippen LogP contribution >= 0.6 is 0 Å². The number of hydrogen-bond donors (Lipinski definition) is 1. The van der Waals surface area contributed by atoms with Crippen molar-refractivity contribution in [2.45, 2.75) is 40.2 Å². The molecule has 2 N–H and O–H groups in total. The monoisotopic (exact) mass is 235 g/mol. The van der Waals surface area contributed by atoms with Crippen molar-refractivity contribution < 1.29 is 0 Å². The van der Waals surface area contributed by atoms with E-state index in [4.69, 9.17) is 5.73 Å². The van der Waals surface area contributed by atoms with Crippen molar-refractivity contribution in [3.05, 3.63) is 11.4 Å². The molecular weight excluding hydrogens is 214 g/mol. The summed E-state index contributed by atoms with van der Waals surface area (Å²) in [5, 5.41) is 8.31. The molecule has 1 unspecified atom stereocenters. The van der Waals surface area contributed by atoms with E-state index >= 15 is 0 Å². The van der Waals surface area contributed by atoms with Gasteiger partial charge in [-0.25, -0.2) is 4.98 Å². The van der Waals surface area contributed by atoms with E-state index < -0.39 is 0 Å². The van der Waals surface area contributed by atoms with Gasteiger partial charge in [-0.1, -0.05) is 13.8 Å². The Labute approximate surface area is 102 Å². The summed E-state index contributed by atoms with van der Waals surface area (Å²) in [4.78, 5) is 6.68. The summed E-state index contributed by atoms with van der Waals surface area (Å²) >= 11 is 0. The molecule has 5 nitrogen and oxygen atoms in total. The molecule has 5 heteroatoms. The average Bonchev–Trinajstić information content (AvgIpc) is 2.26. The summed E-state index contributed by atoms with van der Waals surface area (Å²) < 4.78 is 0. The number of piperidine rings is 1. The van der Waals surface area contributed by atoms with Crippen LogP contribution in [0.5, 0.6) is 0 Å². The van der Waals surface area contributed by atoms with Crippen LogP contribution in [-0.4, -0.2) is 34.3 Å². The Kier molecular flexibility index (Phi) is 3.03. The lowest BCUT2D eigenvalue weighted by Crippen LogP contribution is -2.53. The van der Waals surface area contributed by atoms with Gasteiger partial charge in [0.2, 0.25) is 5.95 Å². The summed E-state index contributed by atoms with van der Waals surface area (Å²) in [6, 6.07) is 0.248. The normalized spacial score (nSPS) is 23.8. The fourth-order valence-electron chi connectivity index (χ4n) is 2.12. The van der Waals surface area contributed by atoms with Gasteiger partial charge in [-0.15, -0.1) is 5.10 Å². The second-order valence-corrected chi connectivity index (χ2v) is 5.59. The predicted octanol–water partition coefficient (Wildman–Crippen LogP) is 1.05. The van der Waals surface area contributed by atoms with Gasteiger partial charge < -0.3 is 10.6 Å². The third-order valence-electron chi connectivity index (χ3n) is 3.68. The number of hydrogen-bond acceptors (Lipinski definition) is 5. The minimum atomic E-state index is 0.0976. The van der Waals surface area contributed by atoms with E-state index in [1.54, 1.807) is 0 Å². The lowest BCUT2D eigenvalue weighted by Gasteiger charge is -2.42. The van der Waals surface area contributed by atoms with Crippen LogP contribution in [0.25, 0.3) is 0 Å². The molecular formula is C12H21N5. The van der Waals surface area contributed by atoms with Gasteiger partial charge in [0.1, 0.15) is 0 Å². The Balaban J connectivity index is 2.21. The van der Waals surface area contributed by atoms with Crippen molar-refractivity contribution in [3.8, 4) is 0 Å². The van der Waals surface area contributed by atoms with Crippen LogP contribution < -0.4 is 10.6 Å². The molecule has 0 amide bonds. The Morgan fingerprint density at radius 1 is 1.24 bits per heavy atom. The van der Waals surface area contributed by atoms with E-state index in [0.29, 0.717) is 0 Å². The van der Waals surface area contributed by atoms with Gasteiger partial charge in [0, 0.05) is 19.1 Å². The first-order valence-electron chi connectivity index (χ1n) is 6.08. The first kappa shape index (κ1) is 12.2. The molecule has 1 atom stereocenters. The molecule has 1 aliphatic rings. The van der Waals surface area contributed by atoms with Crippen LogP contribution in [0.4, 0.5) is 5.95 Å². The van der Waals surface area contributed by atoms with Gasteiger partial charge in [0.15, 0.2) is 0 Å². The average molecular weight is 235 g/mol. The first-order valence-corrected chi connectivity index (χ1v) is 6.08. The van der Waals surface area contributed by atoms with Crippen molar-refractivity contribution in [3.63, 3.8) is 0 Å². The van der Waals surface area contributed by atoms with Crippen molar-refractivity contribution >= 4 is 5.95 Å². The first-order chi connectivity index (χ1) is 7.90. The molecule has 0 radical (unpaired) electrons. The quantitative estimate of drug-likeness (QED) is 0.788. The second-order valence-electron chi connectivity index (χ2n) is 5.59. The zero-order valence-corrected chi connectivity index (χ0v) is 11.1. The number of rotatable bonds is 1. The molecule has 0 bridgehead atoms. The molecule has 0 spiro atoms. The Morgan fingerprint density at radius 2 is 1.94 bits per heavy atom. The fourth-order valence-corrected chi connectivity index (χ4v) is 2.12. The summed E-state index contributed by atoms with van der Waals surface area (Å²) in [7, 11) is 0. The zero-order chi connectivity index (χ0) is 12.6. The summed E-state index contributed by atoms with van der Waals surface area (Å²) in [6.07, 6.45) is 0.975. The molecule has 0 aliphatic carbocycles.